The van der Waals surface area contributed by atoms with Gasteiger partial charge in [-0.05, 0) is 18.6 Å². The van der Waals surface area contributed by atoms with Gasteiger partial charge in [-0.2, -0.15) is 0 Å². The first-order valence-corrected chi connectivity index (χ1v) is 11.5. The zero-order chi connectivity index (χ0) is 22.9. The fourth-order valence-corrected chi connectivity index (χ4v) is 4.28. The molecule has 1 N–H and O–H groups in total. The van der Waals surface area contributed by atoms with E-state index in [1.807, 2.05) is 4.90 Å². The Labute approximate surface area is 190 Å². The van der Waals surface area contributed by atoms with Gasteiger partial charge in [0.2, 0.25) is 5.91 Å². The van der Waals surface area contributed by atoms with E-state index >= 15 is 0 Å². The minimum atomic E-state index is -0.523. The molecule has 2 aromatic rings. The summed E-state index contributed by atoms with van der Waals surface area (Å²) < 4.78 is 20.5. The van der Waals surface area contributed by atoms with Crippen LogP contribution in [0.5, 0.6) is 0 Å². The van der Waals surface area contributed by atoms with Gasteiger partial charge in [0.25, 0.3) is 0 Å². The van der Waals surface area contributed by atoms with Crippen LogP contribution in [-0.2, 0) is 4.79 Å². The Hall–Kier alpha value is -3.01. The average Bonchev–Trinajstić information content (AvgIpc) is 3.46. The number of thioether (sulfide) groups is 1. The number of carbonyl (C=O) groups excluding carboxylic acids is 1. The summed E-state index contributed by atoms with van der Waals surface area (Å²) in [6.07, 6.45) is 5.39. The molecule has 0 bridgehead atoms. The normalized spacial score (nSPS) is 15.6. The summed E-state index contributed by atoms with van der Waals surface area (Å²) in [6, 6.07) is 4.83. The number of hydrogen-bond donors (Lipinski definition) is 1. The minimum absolute atomic E-state index is 0.0202. The molecule has 0 unspecified atom stereocenters. The van der Waals surface area contributed by atoms with Crippen molar-refractivity contribution in [2.75, 3.05) is 49.9 Å². The molecule has 1 saturated heterocycles. The SMILES string of the molecule is C=CCCNC(C)=O.O=c1occn1-c1ccc(N2CCN(C3=NCCS3)CC2)c(F)c1. The highest BCUT2D eigenvalue weighted by Crippen LogP contribution is 2.24. The van der Waals surface area contributed by atoms with Gasteiger partial charge in [0.1, 0.15) is 12.1 Å². The summed E-state index contributed by atoms with van der Waals surface area (Å²) in [5, 5.41) is 3.75. The van der Waals surface area contributed by atoms with E-state index in [0.717, 1.165) is 50.1 Å². The van der Waals surface area contributed by atoms with Crippen molar-refractivity contribution in [2.45, 2.75) is 13.3 Å². The van der Waals surface area contributed by atoms with Crippen molar-refractivity contribution in [3.05, 3.63) is 59.7 Å². The summed E-state index contributed by atoms with van der Waals surface area (Å²) in [7, 11) is 0. The Balaban J connectivity index is 0.000000312. The van der Waals surface area contributed by atoms with Crippen molar-refractivity contribution < 1.29 is 13.6 Å². The molecule has 0 spiro atoms. The molecule has 1 fully saturated rings. The number of anilines is 1. The number of hydrogen-bond acceptors (Lipinski definition) is 7. The average molecular weight is 462 g/mol. The maximum atomic E-state index is 14.5. The first kappa shape index (κ1) is 23.6. The summed E-state index contributed by atoms with van der Waals surface area (Å²) in [5.74, 6) is 0.220. The fourth-order valence-electron chi connectivity index (χ4n) is 3.36. The maximum absolute atomic E-state index is 14.5. The van der Waals surface area contributed by atoms with E-state index < -0.39 is 5.76 Å². The molecule has 4 rings (SSSR count). The fraction of sp³-hybridized carbons (Fsp3) is 0.409. The maximum Gasteiger partial charge on any atom is 0.423 e. The molecule has 32 heavy (non-hydrogen) atoms. The number of rotatable bonds is 5. The molecule has 1 aromatic heterocycles. The number of amides is 1. The van der Waals surface area contributed by atoms with Crippen molar-refractivity contribution in [1.29, 1.82) is 0 Å². The Morgan fingerprint density at radius 1 is 1.31 bits per heavy atom. The number of aliphatic imine (C=N–C) groups is 1. The number of nitrogens with zero attached hydrogens (tertiary/aromatic N) is 4. The summed E-state index contributed by atoms with van der Waals surface area (Å²) in [6.45, 7) is 9.79. The van der Waals surface area contributed by atoms with Crippen LogP contribution in [0.25, 0.3) is 5.69 Å². The standard InChI is InChI=1S/C16H17FN4O2S.C6H11NO/c17-13-11-12(21-8-9-23-16(21)22)1-2-14(13)19-4-6-20(7-5-19)15-18-3-10-24-15;1-3-4-5-7-6(2)8/h1-2,8-9,11H,3-7,10H2;3H,1,4-5H2,2H3,(H,7,8). The van der Waals surface area contributed by atoms with Gasteiger partial charge in [0.05, 0.1) is 24.1 Å². The number of oxazole rings is 1. The minimum Gasteiger partial charge on any atom is -0.416 e. The Morgan fingerprint density at radius 2 is 2.06 bits per heavy atom. The van der Waals surface area contributed by atoms with Crippen molar-refractivity contribution in [3.8, 4) is 5.69 Å². The second-order valence-corrected chi connectivity index (χ2v) is 8.28. The molecule has 1 aromatic carbocycles. The number of benzene rings is 1. The van der Waals surface area contributed by atoms with E-state index in [2.05, 4.69) is 21.8 Å². The second kappa shape index (κ2) is 11.6. The van der Waals surface area contributed by atoms with Crippen LogP contribution in [-0.4, -0.2) is 65.6 Å². The van der Waals surface area contributed by atoms with Gasteiger partial charge in [-0.15, -0.1) is 6.58 Å². The molecular weight excluding hydrogens is 433 g/mol. The number of aromatic nitrogens is 1. The highest BCUT2D eigenvalue weighted by molar-refractivity contribution is 8.14. The van der Waals surface area contributed by atoms with Crippen LogP contribution in [0.1, 0.15) is 13.3 Å². The van der Waals surface area contributed by atoms with Gasteiger partial charge in [0, 0.05) is 51.5 Å². The molecule has 10 heteroatoms. The first-order valence-electron chi connectivity index (χ1n) is 10.5. The predicted octanol–water partition coefficient (Wildman–Crippen LogP) is 2.49. The van der Waals surface area contributed by atoms with Crippen LogP contribution >= 0.6 is 11.8 Å². The summed E-state index contributed by atoms with van der Waals surface area (Å²) >= 11 is 1.79. The third kappa shape index (κ3) is 6.25. The van der Waals surface area contributed by atoms with Crippen LogP contribution in [0.15, 0.2) is 57.5 Å². The van der Waals surface area contributed by atoms with Crippen LogP contribution in [0.4, 0.5) is 10.1 Å². The Bertz CT molecular complexity index is 1010. The molecule has 0 aliphatic carbocycles. The van der Waals surface area contributed by atoms with Crippen molar-refractivity contribution in [1.82, 2.24) is 14.8 Å². The molecule has 2 aliphatic rings. The number of carbonyl (C=O) groups is 1. The van der Waals surface area contributed by atoms with Crippen LogP contribution in [0.2, 0.25) is 0 Å². The molecular formula is C22H28FN5O3S. The molecule has 0 saturated carbocycles. The monoisotopic (exact) mass is 461 g/mol. The molecule has 2 aliphatic heterocycles. The lowest BCUT2D eigenvalue weighted by Crippen LogP contribution is -2.48. The van der Waals surface area contributed by atoms with E-state index in [-0.39, 0.29) is 11.7 Å². The van der Waals surface area contributed by atoms with Gasteiger partial charge in [0.15, 0.2) is 5.17 Å². The smallest absolute Gasteiger partial charge is 0.416 e. The largest absolute Gasteiger partial charge is 0.423 e. The molecule has 3 heterocycles. The molecule has 172 valence electrons. The van der Waals surface area contributed by atoms with Gasteiger partial charge < -0.3 is 19.5 Å². The van der Waals surface area contributed by atoms with Gasteiger partial charge in [-0.3, -0.25) is 9.79 Å². The van der Waals surface area contributed by atoms with E-state index in [4.69, 9.17) is 4.42 Å². The third-order valence-electron chi connectivity index (χ3n) is 4.97. The van der Waals surface area contributed by atoms with Crippen LogP contribution in [0.3, 0.4) is 0 Å². The molecule has 8 nitrogen and oxygen atoms in total. The predicted molar refractivity (Wildman–Crippen MR) is 126 cm³/mol. The van der Waals surface area contributed by atoms with Crippen molar-refractivity contribution >= 4 is 28.5 Å². The van der Waals surface area contributed by atoms with Crippen molar-refractivity contribution in [3.63, 3.8) is 0 Å². The number of amidine groups is 1. The number of piperazine rings is 1. The van der Waals surface area contributed by atoms with Crippen molar-refractivity contribution in [2.24, 2.45) is 4.99 Å². The van der Waals surface area contributed by atoms with E-state index in [0.29, 0.717) is 17.9 Å². The number of nitrogens with one attached hydrogen (secondary N) is 1. The third-order valence-corrected chi connectivity index (χ3v) is 6.00. The van der Waals surface area contributed by atoms with E-state index in [1.54, 1.807) is 30.0 Å². The topological polar surface area (TPSA) is 83.1 Å². The number of halogens is 1. The zero-order valence-electron chi connectivity index (χ0n) is 18.1. The molecule has 1 amide bonds. The lowest BCUT2D eigenvalue weighted by Gasteiger charge is -2.37. The van der Waals surface area contributed by atoms with E-state index in [1.165, 1.54) is 30.0 Å². The van der Waals surface area contributed by atoms with Crippen LogP contribution < -0.4 is 16.0 Å². The highest BCUT2D eigenvalue weighted by atomic mass is 32.2. The van der Waals surface area contributed by atoms with Gasteiger partial charge in [-0.1, -0.05) is 17.8 Å². The van der Waals surface area contributed by atoms with Gasteiger partial charge in [-0.25, -0.2) is 13.8 Å². The summed E-state index contributed by atoms with van der Waals surface area (Å²) in [5.41, 5.74) is 1.03. The first-order chi connectivity index (χ1) is 15.5. The second-order valence-electron chi connectivity index (χ2n) is 7.22. The highest BCUT2D eigenvalue weighted by Gasteiger charge is 2.23. The zero-order valence-corrected chi connectivity index (χ0v) is 18.9. The lowest BCUT2D eigenvalue weighted by molar-refractivity contribution is -0.118. The molecule has 0 atom stereocenters. The van der Waals surface area contributed by atoms with E-state index in [9.17, 15) is 14.0 Å². The van der Waals surface area contributed by atoms with Gasteiger partial charge >= 0.3 is 5.76 Å². The molecule has 0 radical (unpaired) electrons. The van der Waals surface area contributed by atoms with Crippen LogP contribution in [0, 0.1) is 5.82 Å². The summed E-state index contributed by atoms with van der Waals surface area (Å²) in [4.78, 5) is 30.5. The Morgan fingerprint density at radius 3 is 2.62 bits per heavy atom. The lowest BCUT2D eigenvalue weighted by atomic mass is 10.2. The Kier molecular flexibility index (Phi) is 8.55. The quantitative estimate of drug-likeness (QED) is 0.544.